The molecule has 1 aliphatic heterocycles. The topological polar surface area (TPSA) is 83.6 Å². The van der Waals surface area contributed by atoms with Crippen molar-refractivity contribution in [2.45, 2.75) is 25.6 Å². The number of halogens is 3. The molecule has 0 bridgehead atoms. The van der Waals surface area contributed by atoms with Crippen molar-refractivity contribution < 1.29 is 31.2 Å². The third-order valence-electron chi connectivity index (χ3n) is 3.92. The van der Waals surface area contributed by atoms with Gasteiger partial charge in [0.15, 0.2) is 9.84 Å². The SMILES string of the molecule is CCN(C(=O)C(=O)Nc1ccc(C(F)(F)F)cc1)C1CCS(=O)(=O)C1. The lowest BCUT2D eigenvalue weighted by Gasteiger charge is -2.26. The molecule has 1 fully saturated rings. The zero-order valence-electron chi connectivity index (χ0n) is 13.3. The number of carbonyl (C=O) groups excluding carboxylic acids is 2. The number of alkyl halides is 3. The van der Waals surface area contributed by atoms with Crippen molar-refractivity contribution in [2.24, 2.45) is 0 Å². The first kappa shape index (κ1) is 19.2. The van der Waals surface area contributed by atoms with Gasteiger partial charge >= 0.3 is 18.0 Å². The molecule has 0 saturated carbocycles. The Kier molecular flexibility index (Phi) is 5.40. The Morgan fingerprint density at radius 1 is 1.24 bits per heavy atom. The summed E-state index contributed by atoms with van der Waals surface area (Å²) < 4.78 is 60.6. The Morgan fingerprint density at radius 3 is 2.28 bits per heavy atom. The number of nitrogens with zero attached hydrogens (tertiary/aromatic N) is 1. The molecule has 6 nitrogen and oxygen atoms in total. The maximum atomic E-state index is 12.5. The molecule has 1 N–H and O–H groups in total. The van der Waals surface area contributed by atoms with Crippen LogP contribution in [0.25, 0.3) is 0 Å². The van der Waals surface area contributed by atoms with Crippen molar-refractivity contribution >= 4 is 27.3 Å². The van der Waals surface area contributed by atoms with Gasteiger partial charge in [-0.05, 0) is 37.6 Å². The standard InChI is InChI=1S/C15H17F3N2O4S/c1-2-20(12-7-8-25(23,24)9-12)14(22)13(21)19-11-5-3-10(4-6-11)15(16,17)18/h3-6,12H,2,7-9H2,1H3,(H,19,21). The van der Waals surface area contributed by atoms with Gasteiger partial charge in [0.25, 0.3) is 0 Å². The van der Waals surface area contributed by atoms with Gasteiger partial charge < -0.3 is 10.2 Å². The molecule has 0 aromatic heterocycles. The Labute approximate surface area is 142 Å². The Bertz CT molecular complexity index is 760. The van der Waals surface area contributed by atoms with Crippen LogP contribution < -0.4 is 5.32 Å². The third kappa shape index (κ3) is 4.71. The van der Waals surface area contributed by atoms with Crippen molar-refractivity contribution in [3.05, 3.63) is 29.8 Å². The van der Waals surface area contributed by atoms with Gasteiger partial charge in [0.1, 0.15) is 0 Å². The molecule has 0 radical (unpaired) electrons. The van der Waals surface area contributed by atoms with Crippen LogP contribution in [0.15, 0.2) is 24.3 Å². The summed E-state index contributed by atoms with van der Waals surface area (Å²) in [5, 5.41) is 2.23. The van der Waals surface area contributed by atoms with Crippen LogP contribution in [-0.4, -0.2) is 49.2 Å². The number of likely N-dealkylation sites (N-methyl/N-ethyl adjacent to an activating group) is 1. The number of rotatable bonds is 3. The minimum atomic E-state index is -4.49. The minimum absolute atomic E-state index is 0.0397. The van der Waals surface area contributed by atoms with Crippen molar-refractivity contribution in [3.8, 4) is 0 Å². The molecule has 25 heavy (non-hydrogen) atoms. The van der Waals surface area contributed by atoms with E-state index in [1.165, 1.54) is 4.90 Å². The molecule has 1 aromatic carbocycles. The summed E-state index contributed by atoms with van der Waals surface area (Å²) >= 11 is 0. The van der Waals surface area contributed by atoms with Crippen molar-refractivity contribution in [3.63, 3.8) is 0 Å². The summed E-state index contributed by atoms with van der Waals surface area (Å²) in [5.41, 5.74) is -0.829. The minimum Gasteiger partial charge on any atom is -0.331 e. The summed E-state index contributed by atoms with van der Waals surface area (Å²) in [7, 11) is -3.22. The van der Waals surface area contributed by atoms with E-state index in [2.05, 4.69) is 5.32 Å². The summed E-state index contributed by atoms with van der Waals surface area (Å²) in [6.07, 6.45) is -4.24. The number of hydrogen-bond acceptors (Lipinski definition) is 4. The second kappa shape index (κ2) is 7.03. The van der Waals surface area contributed by atoms with E-state index in [0.717, 1.165) is 24.3 Å². The quantitative estimate of drug-likeness (QED) is 0.812. The van der Waals surface area contributed by atoms with Crippen LogP contribution in [0, 0.1) is 0 Å². The maximum Gasteiger partial charge on any atom is 0.416 e. The molecule has 10 heteroatoms. The predicted molar refractivity (Wildman–Crippen MR) is 84.5 cm³/mol. The second-order valence-corrected chi connectivity index (χ2v) is 7.91. The van der Waals surface area contributed by atoms with Crippen LogP contribution in [0.3, 0.4) is 0 Å². The molecule has 0 spiro atoms. The molecule has 1 aromatic rings. The number of carbonyl (C=O) groups is 2. The first-order chi connectivity index (χ1) is 11.5. The Morgan fingerprint density at radius 2 is 1.84 bits per heavy atom. The van der Waals surface area contributed by atoms with E-state index in [1.807, 2.05) is 0 Å². The molecular formula is C15H17F3N2O4S. The molecular weight excluding hydrogens is 361 g/mol. The molecule has 1 aliphatic rings. The predicted octanol–water partition coefficient (Wildman–Crippen LogP) is 1.68. The van der Waals surface area contributed by atoms with Gasteiger partial charge in [-0.1, -0.05) is 0 Å². The summed E-state index contributed by atoms with van der Waals surface area (Å²) in [6.45, 7) is 1.77. The first-order valence-electron chi connectivity index (χ1n) is 7.53. The monoisotopic (exact) mass is 378 g/mol. The Hall–Kier alpha value is -2.10. The fourth-order valence-electron chi connectivity index (χ4n) is 2.65. The van der Waals surface area contributed by atoms with Gasteiger partial charge in [0.05, 0.1) is 17.1 Å². The second-order valence-electron chi connectivity index (χ2n) is 5.68. The lowest BCUT2D eigenvalue weighted by atomic mass is 10.2. The third-order valence-corrected chi connectivity index (χ3v) is 5.67. The fraction of sp³-hybridized carbons (Fsp3) is 0.467. The van der Waals surface area contributed by atoms with E-state index < -0.39 is 39.4 Å². The van der Waals surface area contributed by atoms with Crippen LogP contribution in [0.2, 0.25) is 0 Å². The molecule has 1 unspecified atom stereocenters. The summed E-state index contributed by atoms with van der Waals surface area (Å²) in [5.74, 6) is -2.17. The van der Waals surface area contributed by atoms with Gasteiger partial charge in [-0.15, -0.1) is 0 Å². The zero-order valence-corrected chi connectivity index (χ0v) is 14.2. The number of amides is 2. The summed E-state index contributed by atoms with van der Waals surface area (Å²) in [6, 6.07) is 3.11. The smallest absolute Gasteiger partial charge is 0.331 e. The van der Waals surface area contributed by atoms with Crippen molar-refractivity contribution in [1.82, 2.24) is 4.90 Å². The largest absolute Gasteiger partial charge is 0.416 e. The van der Waals surface area contributed by atoms with E-state index in [4.69, 9.17) is 0 Å². The van der Waals surface area contributed by atoms with Crippen molar-refractivity contribution in [1.29, 1.82) is 0 Å². The van der Waals surface area contributed by atoms with Crippen LogP contribution in [0.5, 0.6) is 0 Å². The zero-order chi connectivity index (χ0) is 18.8. The van der Waals surface area contributed by atoms with Crippen molar-refractivity contribution in [2.75, 3.05) is 23.4 Å². The highest BCUT2D eigenvalue weighted by Crippen LogP contribution is 2.29. The van der Waals surface area contributed by atoms with Crippen LogP contribution in [0.1, 0.15) is 18.9 Å². The first-order valence-corrected chi connectivity index (χ1v) is 9.35. The number of anilines is 1. The molecule has 138 valence electrons. The van der Waals surface area contributed by atoms with E-state index >= 15 is 0 Å². The summed E-state index contributed by atoms with van der Waals surface area (Å²) in [4.78, 5) is 25.5. The highest BCUT2D eigenvalue weighted by Gasteiger charge is 2.36. The number of nitrogens with one attached hydrogen (secondary N) is 1. The average Bonchev–Trinajstić information content (AvgIpc) is 2.87. The maximum absolute atomic E-state index is 12.5. The average molecular weight is 378 g/mol. The Balaban J connectivity index is 2.05. The van der Waals surface area contributed by atoms with E-state index in [-0.39, 0.29) is 30.2 Å². The van der Waals surface area contributed by atoms with E-state index in [0.29, 0.717) is 0 Å². The number of benzene rings is 1. The molecule has 1 heterocycles. The van der Waals surface area contributed by atoms with Crippen LogP contribution in [-0.2, 0) is 25.6 Å². The molecule has 2 amide bonds. The van der Waals surface area contributed by atoms with Gasteiger partial charge in [0.2, 0.25) is 0 Å². The lowest BCUT2D eigenvalue weighted by Crippen LogP contribution is -2.46. The van der Waals surface area contributed by atoms with Crippen LogP contribution in [0.4, 0.5) is 18.9 Å². The van der Waals surface area contributed by atoms with E-state index in [9.17, 15) is 31.2 Å². The molecule has 1 saturated heterocycles. The lowest BCUT2D eigenvalue weighted by molar-refractivity contribution is -0.144. The highest BCUT2D eigenvalue weighted by molar-refractivity contribution is 7.91. The highest BCUT2D eigenvalue weighted by atomic mass is 32.2. The molecule has 1 atom stereocenters. The fourth-order valence-corrected chi connectivity index (χ4v) is 4.38. The van der Waals surface area contributed by atoms with Gasteiger partial charge in [-0.2, -0.15) is 13.2 Å². The number of sulfone groups is 1. The van der Waals surface area contributed by atoms with Gasteiger partial charge in [-0.25, -0.2) is 8.42 Å². The number of hydrogen-bond donors (Lipinski definition) is 1. The van der Waals surface area contributed by atoms with Gasteiger partial charge in [0, 0.05) is 18.3 Å². The van der Waals surface area contributed by atoms with E-state index in [1.54, 1.807) is 6.92 Å². The molecule has 2 rings (SSSR count). The van der Waals surface area contributed by atoms with Crippen LogP contribution >= 0.6 is 0 Å². The molecule has 0 aliphatic carbocycles. The normalized spacial score (nSPS) is 19.4. The van der Waals surface area contributed by atoms with Gasteiger partial charge in [-0.3, -0.25) is 9.59 Å².